The van der Waals surface area contributed by atoms with Gasteiger partial charge in [0.2, 0.25) is 10.0 Å². The molecule has 0 aliphatic rings. The fourth-order valence-corrected chi connectivity index (χ4v) is 3.05. The van der Waals surface area contributed by atoms with Crippen LogP contribution in [0, 0.1) is 17.2 Å². The molecule has 0 aromatic carbocycles. The van der Waals surface area contributed by atoms with Gasteiger partial charge in [-0.2, -0.15) is 9.57 Å². The number of carbonyl (C=O) groups is 1. The minimum absolute atomic E-state index is 0.0956. The van der Waals surface area contributed by atoms with Gasteiger partial charge in [-0.3, -0.25) is 4.79 Å². The molecule has 0 aliphatic heterocycles. The Hall–Kier alpha value is -1.13. The van der Waals surface area contributed by atoms with Crippen LogP contribution in [0.3, 0.4) is 0 Å². The fraction of sp³-hybridized carbons (Fsp3) is 0.818. The number of ether oxygens (including phenoxy) is 1. The molecule has 104 valence electrons. The van der Waals surface area contributed by atoms with Crippen LogP contribution in [0.25, 0.3) is 0 Å². The molecule has 0 rings (SSSR count). The number of sulfonamides is 1. The van der Waals surface area contributed by atoms with Crippen molar-refractivity contribution in [3.8, 4) is 6.07 Å². The van der Waals surface area contributed by atoms with E-state index in [4.69, 9.17) is 5.26 Å². The Kier molecular flexibility index (Phi) is 6.88. The molecule has 0 bridgehead atoms. The highest BCUT2D eigenvalue weighted by atomic mass is 32.2. The number of hydrogen-bond acceptors (Lipinski definition) is 5. The summed E-state index contributed by atoms with van der Waals surface area (Å²) in [5.74, 6) is -0.677. The van der Waals surface area contributed by atoms with Crippen LogP contribution in [0.1, 0.15) is 27.2 Å². The van der Waals surface area contributed by atoms with E-state index in [9.17, 15) is 13.2 Å². The van der Waals surface area contributed by atoms with Gasteiger partial charge >= 0.3 is 5.97 Å². The van der Waals surface area contributed by atoms with E-state index in [1.54, 1.807) is 0 Å². The Morgan fingerprint density at radius 2 is 1.94 bits per heavy atom. The number of carbonyl (C=O) groups excluding carboxylic acids is 1. The predicted molar refractivity (Wildman–Crippen MR) is 67.0 cm³/mol. The van der Waals surface area contributed by atoms with Crippen molar-refractivity contribution in [3.63, 3.8) is 0 Å². The third kappa shape index (κ3) is 4.63. The first-order chi connectivity index (χ1) is 8.27. The molecular weight excluding hydrogens is 256 g/mol. The number of hydrogen-bond donors (Lipinski definition) is 0. The third-order valence-electron chi connectivity index (χ3n) is 2.38. The summed E-state index contributed by atoms with van der Waals surface area (Å²) in [5.41, 5.74) is 0. The van der Waals surface area contributed by atoms with E-state index >= 15 is 0 Å². The number of nitrogens with zero attached hydrogens (tertiary/aromatic N) is 2. The lowest BCUT2D eigenvalue weighted by molar-refractivity contribution is -0.139. The summed E-state index contributed by atoms with van der Waals surface area (Å²) < 4.78 is 30.0. The van der Waals surface area contributed by atoms with E-state index in [-0.39, 0.29) is 25.4 Å². The Morgan fingerprint density at radius 3 is 2.33 bits per heavy atom. The average Bonchev–Trinajstić information content (AvgIpc) is 2.31. The van der Waals surface area contributed by atoms with Gasteiger partial charge in [-0.1, -0.05) is 13.8 Å². The first kappa shape index (κ1) is 16.9. The molecule has 0 saturated carbocycles. The third-order valence-corrected chi connectivity index (χ3v) is 4.52. The lowest BCUT2D eigenvalue weighted by atomic mass is 10.2. The molecule has 0 saturated heterocycles. The number of rotatable bonds is 7. The standard InChI is InChI=1S/C11H20N2O4S/c1-9(2)8-13(7-5-6-12)18(15,16)10(3)11(14)17-4/h9-10H,5,7-8H2,1-4H3. The first-order valence-electron chi connectivity index (χ1n) is 5.71. The van der Waals surface area contributed by atoms with Crippen molar-refractivity contribution < 1.29 is 17.9 Å². The SMILES string of the molecule is COC(=O)C(C)S(=O)(=O)N(CCC#N)CC(C)C. The summed E-state index contributed by atoms with van der Waals surface area (Å²) in [6.07, 6.45) is 0.0971. The van der Waals surface area contributed by atoms with E-state index in [0.29, 0.717) is 0 Å². The number of methoxy groups -OCH3 is 1. The van der Waals surface area contributed by atoms with Crippen molar-refractivity contribution in [2.75, 3.05) is 20.2 Å². The number of esters is 1. The van der Waals surface area contributed by atoms with Crippen LogP contribution in [0.4, 0.5) is 0 Å². The maximum atomic E-state index is 12.2. The number of nitriles is 1. The highest BCUT2D eigenvalue weighted by molar-refractivity contribution is 7.90. The molecule has 0 amide bonds. The van der Waals surface area contributed by atoms with Gasteiger partial charge in [-0.25, -0.2) is 8.42 Å². The second-order valence-electron chi connectivity index (χ2n) is 4.37. The van der Waals surface area contributed by atoms with Crippen molar-refractivity contribution in [1.29, 1.82) is 5.26 Å². The highest BCUT2D eigenvalue weighted by Gasteiger charge is 2.34. The smallest absolute Gasteiger partial charge is 0.325 e. The summed E-state index contributed by atoms with van der Waals surface area (Å²) in [4.78, 5) is 11.3. The molecule has 7 heteroatoms. The molecule has 0 fully saturated rings. The lowest BCUT2D eigenvalue weighted by Gasteiger charge is -2.25. The van der Waals surface area contributed by atoms with E-state index in [0.717, 1.165) is 7.11 Å². The van der Waals surface area contributed by atoms with Gasteiger partial charge in [0.15, 0.2) is 5.25 Å². The van der Waals surface area contributed by atoms with E-state index < -0.39 is 21.2 Å². The van der Waals surface area contributed by atoms with Crippen LogP contribution in [-0.4, -0.2) is 44.1 Å². The Morgan fingerprint density at radius 1 is 1.39 bits per heavy atom. The van der Waals surface area contributed by atoms with Crippen molar-refractivity contribution in [3.05, 3.63) is 0 Å². The van der Waals surface area contributed by atoms with Crippen LogP contribution < -0.4 is 0 Å². The van der Waals surface area contributed by atoms with Crippen molar-refractivity contribution in [2.24, 2.45) is 5.92 Å². The maximum absolute atomic E-state index is 12.2. The predicted octanol–water partition coefficient (Wildman–Crippen LogP) is 0.749. The van der Waals surface area contributed by atoms with E-state index in [1.807, 2.05) is 19.9 Å². The van der Waals surface area contributed by atoms with Gasteiger partial charge in [0, 0.05) is 19.5 Å². The van der Waals surface area contributed by atoms with Crippen molar-refractivity contribution in [2.45, 2.75) is 32.4 Å². The molecule has 0 aromatic heterocycles. The average molecular weight is 276 g/mol. The quantitative estimate of drug-likeness (QED) is 0.640. The van der Waals surface area contributed by atoms with Gasteiger partial charge in [-0.15, -0.1) is 0 Å². The molecule has 0 spiro atoms. The molecule has 18 heavy (non-hydrogen) atoms. The fourth-order valence-electron chi connectivity index (χ4n) is 1.42. The van der Waals surface area contributed by atoms with Gasteiger partial charge in [0.05, 0.1) is 13.2 Å². The molecule has 6 nitrogen and oxygen atoms in total. The summed E-state index contributed by atoms with van der Waals surface area (Å²) in [7, 11) is -2.62. The second-order valence-corrected chi connectivity index (χ2v) is 6.62. The van der Waals surface area contributed by atoms with Crippen LogP contribution >= 0.6 is 0 Å². The van der Waals surface area contributed by atoms with Crippen molar-refractivity contribution >= 4 is 16.0 Å². The van der Waals surface area contributed by atoms with Crippen LogP contribution in [0.15, 0.2) is 0 Å². The summed E-state index contributed by atoms with van der Waals surface area (Å²) in [5, 5.41) is 7.30. The monoisotopic (exact) mass is 276 g/mol. The van der Waals surface area contributed by atoms with E-state index in [1.165, 1.54) is 11.2 Å². The molecule has 1 unspecified atom stereocenters. The van der Waals surface area contributed by atoms with Gasteiger partial charge in [0.25, 0.3) is 0 Å². The molecule has 0 aromatic rings. The molecule has 1 atom stereocenters. The zero-order chi connectivity index (χ0) is 14.3. The van der Waals surface area contributed by atoms with Crippen LogP contribution in [0.2, 0.25) is 0 Å². The summed E-state index contributed by atoms with van der Waals surface area (Å²) >= 11 is 0. The lowest BCUT2D eigenvalue weighted by Crippen LogP contribution is -2.43. The molecule has 0 heterocycles. The van der Waals surface area contributed by atoms with Crippen molar-refractivity contribution in [1.82, 2.24) is 4.31 Å². The summed E-state index contributed by atoms with van der Waals surface area (Å²) in [6, 6.07) is 1.90. The Labute approximate surface area is 109 Å². The highest BCUT2D eigenvalue weighted by Crippen LogP contribution is 2.13. The maximum Gasteiger partial charge on any atom is 0.325 e. The topological polar surface area (TPSA) is 87.5 Å². The van der Waals surface area contributed by atoms with Crippen LogP contribution in [-0.2, 0) is 19.6 Å². The zero-order valence-electron chi connectivity index (χ0n) is 11.2. The Balaban J connectivity index is 5.07. The first-order valence-corrected chi connectivity index (χ1v) is 7.21. The molecule has 0 N–H and O–H groups in total. The van der Waals surface area contributed by atoms with Gasteiger partial charge in [-0.05, 0) is 12.8 Å². The zero-order valence-corrected chi connectivity index (χ0v) is 12.0. The van der Waals surface area contributed by atoms with E-state index in [2.05, 4.69) is 4.74 Å². The second kappa shape index (κ2) is 7.34. The molecule has 0 aliphatic carbocycles. The molecule has 0 radical (unpaired) electrons. The Bertz CT molecular complexity index is 411. The summed E-state index contributed by atoms with van der Waals surface area (Å²) in [6.45, 7) is 5.42. The van der Waals surface area contributed by atoms with Crippen LogP contribution in [0.5, 0.6) is 0 Å². The van der Waals surface area contributed by atoms with Gasteiger partial charge in [0.1, 0.15) is 0 Å². The molecular formula is C11H20N2O4S. The minimum Gasteiger partial charge on any atom is -0.468 e. The largest absolute Gasteiger partial charge is 0.468 e. The van der Waals surface area contributed by atoms with Gasteiger partial charge < -0.3 is 4.74 Å². The minimum atomic E-state index is -3.77. The normalized spacial score (nSPS) is 13.4.